The molecule has 0 aromatic carbocycles. The van der Waals surface area contributed by atoms with E-state index in [-0.39, 0.29) is 18.8 Å². The first kappa shape index (κ1) is 21.1. The second kappa shape index (κ2) is 7.85. The zero-order valence-corrected chi connectivity index (χ0v) is 18.7. The maximum Gasteiger partial charge on any atom is 0.0701 e. The Balaban J connectivity index is 1.54. The summed E-state index contributed by atoms with van der Waals surface area (Å²) in [6.07, 6.45) is 11.3. The van der Waals surface area contributed by atoms with Gasteiger partial charge in [0.05, 0.1) is 25.4 Å². The van der Waals surface area contributed by atoms with E-state index in [0.29, 0.717) is 35.2 Å². The molecule has 0 aromatic heterocycles. The van der Waals surface area contributed by atoms with Crippen LogP contribution in [0.15, 0.2) is 0 Å². The normalized spacial score (nSPS) is 51.9. The topological polar surface area (TPSA) is 49.7 Å². The molecule has 0 aromatic rings. The summed E-state index contributed by atoms with van der Waals surface area (Å²) in [6.45, 7) is 10.5. The minimum Gasteiger partial charge on any atom is -0.394 e. The molecule has 10 atom stereocenters. The van der Waals surface area contributed by atoms with E-state index < -0.39 is 0 Å². The van der Waals surface area contributed by atoms with Gasteiger partial charge in [-0.2, -0.15) is 0 Å². The van der Waals surface area contributed by atoms with Crippen LogP contribution in [0, 0.1) is 46.3 Å². The van der Waals surface area contributed by atoms with Crippen LogP contribution < -0.4 is 0 Å². The maximum absolute atomic E-state index is 11.4. The first-order chi connectivity index (χ1) is 13.3. The van der Waals surface area contributed by atoms with Gasteiger partial charge in [-0.1, -0.05) is 34.1 Å². The molecule has 2 N–H and O–H groups in total. The molecule has 4 aliphatic carbocycles. The van der Waals surface area contributed by atoms with Gasteiger partial charge in [-0.25, -0.2) is 0 Å². The highest BCUT2D eigenvalue weighted by Crippen LogP contribution is 2.68. The lowest BCUT2D eigenvalue weighted by Crippen LogP contribution is -2.58. The molecule has 162 valence electrons. The molecule has 0 bridgehead atoms. The first-order valence-electron chi connectivity index (χ1n) is 12.3. The van der Waals surface area contributed by atoms with Gasteiger partial charge in [-0.3, -0.25) is 0 Å². The first-order valence-corrected chi connectivity index (χ1v) is 12.3. The lowest BCUT2D eigenvalue weighted by molar-refractivity contribution is -0.178. The fourth-order valence-corrected chi connectivity index (χ4v) is 8.81. The Hall–Kier alpha value is -0.120. The van der Waals surface area contributed by atoms with Crippen LogP contribution >= 0.6 is 0 Å². The van der Waals surface area contributed by atoms with E-state index in [0.717, 1.165) is 37.0 Å². The van der Waals surface area contributed by atoms with Gasteiger partial charge in [0.15, 0.2) is 0 Å². The smallest absolute Gasteiger partial charge is 0.0701 e. The van der Waals surface area contributed by atoms with E-state index in [4.69, 9.17) is 9.84 Å². The van der Waals surface area contributed by atoms with Crippen molar-refractivity contribution in [2.75, 3.05) is 13.2 Å². The summed E-state index contributed by atoms with van der Waals surface area (Å²) in [7, 11) is 0. The Bertz CT molecular complexity index is 550. The predicted octanol–water partition coefficient (Wildman–Crippen LogP) is 5.04. The standard InChI is InChI=1S/C25H44O3/c1-5-16(2)19-6-7-20-23-21(9-11-25(19,20)4)24(3)10-8-18(28-13-12-26)14-17(24)15-22(23)27/h16-23,26-27H,5-15H2,1-4H3/t16-,17+,18-,19-,20+,21+,22-,23+,24+,25-/m1/s1. The highest BCUT2D eigenvalue weighted by atomic mass is 16.5. The SMILES string of the molecule is CC[C@@H](C)[C@H]1CC[C@H]2[C@@H]3[C@H](O)C[C@@H]4C[C@H](OCCO)CC[C@]4(C)[C@H]3CC[C@]12C. The number of hydrogen-bond donors (Lipinski definition) is 2. The Morgan fingerprint density at radius 3 is 2.43 bits per heavy atom. The van der Waals surface area contributed by atoms with Crippen LogP contribution in [0.1, 0.15) is 85.5 Å². The molecule has 0 unspecified atom stereocenters. The molecule has 0 aliphatic heterocycles. The average Bonchev–Trinajstić information content (AvgIpc) is 3.03. The largest absolute Gasteiger partial charge is 0.394 e. The molecular weight excluding hydrogens is 348 g/mol. The Morgan fingerprint density at radius 2 is 1.71 bits per heavy atom. The van der Waals surface area contributed by atoms with Crippen molar-refractivity contribution in [1.29, 1.82) is 0 Å². The van der Waals surface area contributed by atoms with Crippen LogP contribution in [0.25, 0.3) is 0 Å². The number of ether oxygens (including phenoxy) is 1. The minimum atomic E-state index is -0.125. The third-order valence-electron chi connectivity index (χ3n) is 10.5. The van der Waals surface area contributed by atoms with Crippen molar-refractivity contribution in [1.82, 2.24) is 0 Å². The molecule has 3 nitrogen and oxygen atoms in total. The highest BCUT2D eigenvalue weighted by Gasteiger charge is 2.62. The van der Waals surface area contributed by atoms with E-state index in [1.807, 2.05) is 0 Å². The maximum atomic E-state index is 11.4. The van der Waals surface area contributed by atoms with E-state index in [9.17, 15) is 5.11 Å². The van der Waals surface area contributed by atoms with Crippen molar-refractivity contribution in [2.24, 2.45) is 46.3 Å². The van der Waals surface area contributed by atoms with Crippen molar-refractivity contribution in [2.45, 2.75) is 97.7 Å². The fourth-order valence-electron chi connectivity index (χ4n) is 8.81. The Kier molecular flexibility index (Phi) is 5.92. The van der Waals surface area contributed by atoms with Crippen molar-refractivity contribution < 1.29 is 14.9 Å². The molecule has 0 saturated heterocycles. The highest BCUT2D eigenvalue weighted by molar-refractivity contribution is 5.11. The van der Waals surface area contributed by atoms with Crippen LogP contribution in [0.3, 0.4) is 0 Å². The molecule has 0 radical (unpaired) electrons. The molecule has 4 saturated carbocycles. The number of aliphatic hydroxyl groups is 2. The summed E-state index contributed by atoms with van der Waals surface area (Å²) in [4.78, 5) is 0. The van der Waals surface area contributed by atoms with Crippen molar-refractivity contribution in [3.8, 4) is 0 Å². The molecule has 4 fully saturated rings. The number of aliphatic hydroxyl groups excluding tert-OH is 2. The molecule has 0 heterocycles. The van der Waals surface area contributed by atoms with Gasteiger partial charge in [0.1, 0.15) is 0 Å². The van der Waals surface area contributed by atoms with E-state index in [1.54, 1.807) is 0 Å². The van der Waals surface area contributed by atoms with Crippen molar-refractivity contribution >= 4 is 0 Å². The van der Waals surface area contributed by atoms with E-state index in [1.165, 1.54) is 38.5 Å². The third-order valence-corrected chi connectivity index (χ3v) is 10.5. The number of hydrogen-bond acceptors (Lipinski definition) is 3. The minimum absolute atomic E-state index is 0.114. The quantitative estimate of drug-likeness (QED) is 0.689. The molecule has 4 rings (SSSR count). The van der Waals surface area contributed by atoms with Crippen LogP contribution in [-0.2, 0) is 4.74 Å². The van der Waals surface area contributed by atoms with Crippen LogP contribution in [0.5, 0.6) is 0 Å². The fraction of sp³-hybridized carbons (Fsp3) is 1.00. The van der Waals surface area contributed by atoms with Gasteiger partial charge >= 0.3 is 0 Å². The predicted molar refractivity (Wildman–Crippen MR) is 113 cm³/mol. The second-order valence-corrected chi connectivity index (χ2v) is 11.4. The van der Waals surface area contributed by atoms with E-state index >= 15 is 0 Å². The van der Waals surface area contributed by atoms with Gasteiger partial charge in [0, 0.05) is 0 Å². The van der Waals surface area contributed by atoms with Gasteiger partial charge in [0.2, 0.25) is 0 Å². The monoisotopic (exact) mass is 392 g/mol. The van der Waals surface area contributed by atoms with Crippen molar-refractivity contribution in [3.63, 3.8) is 0 Å². The summed E-state index contributed by atoms with van der Waals surface area (Å²) < 4.78 is 5.90. The molecule has 3 heteroatoms. The van der Waals surface area contributed by atoms with Gasteiger partial charge < -0.3 is 14.9 Å². The lowest BCUT2D eigenvalue weighted by atomic mass is 9.43. The number of rotatable bonds is 5. The molecule has 28 heavy (non-hydrogen) atoms. The molecule has 0 amide bonds. The number of fused-ring (bicyclic) bond motifs is 5. The average molecular weight is 393 g/mol. The van der Waals surface area contributed by atoms with E-state index in [2.05, 4.69) is 27.7 Å². The van der Waals surface area contributed by atoms with Crippen molar-refractivity contribution in [3.05, 3.63) is 0 Å². The lowest BCUT2D eigenvalue weighted by Gasteiger charge is -2.62. The molecular formula is C25H44O3. The molecule has 0 spiro atoms. The van der Waals surface area contributed by atoms with Gasteiger partial charge in [0.25, 0.3) is 0 Å². The zero-order valence-electron chi connectivity index (χ0n) is 18.7. The van der Waals surface area contributed by atoms with Gasteiger partial charge in [-0.05, 0) is 97.7 Å². The third kappa shape index (κ3) is 3.19. The Morgan fingerprint density at radius 1 is 1.00 bits per heavy atom. The van der Waals surface area contributed by atoms with Crippen LogP contribution in [0.4, 0.5) is 0 Å². The van der Waals surface area contributed by atoms with Gasteiger partial charge in [-0.15, -0.1) is 0 Å². The summed E-state index contributed by atoms with van der Waals surface area (Å²) in [5.74, 6) is 4.18. The summed E-state index contributed by atoms with van der Waals surface area (Å²) in [5, 5.41) is 20.5. The summed E-state index contributed by atoms with van der Waals surface area (Å²) in [6, 6.07) is 0. The second-order valence-electron chi connectivity index (χ2n) is 11.4. The molecule has 4 aliphatic rings. The summed E-state index contributed by atoms with van der Waals surface area (Å²) in [5.41, 5.74) is 0.820. The Labute approximate surface area is 172 Å². The zero-order chi connectivity index (χ0) is 20.1. The van der Waals surface area contributed by atoms with Crippen LogP contribution in [-0.4, -0.2) is 35.6 Å². The summed E-state index contributed by atoms with van der Waals surface area (Å²) >= 11 is 0. The van der Waals surface area contributed by atoms with Crippen LogP contribution in [0.2, 0.25) is 0 Å².